The summed E-state index contributed by atoms with van der Waals surface area (Å²) in [5.41, 5.74) is 0.713. The summed E-state index contributed by atoms with van der Waals surface area (Å²) in [6, 6.07) is 0. The Kier molecular flexibility index (Phi) is 0.762. The SMILES string of the molecule is O=c1[nH]c2[nH]ncc2s1. The highest BCUT2D eigenvalue weighted by molar-refractivity contribution is 7.16. The summed E-state index contributed by atoms with van der Waals surface area (Å²) in [5.74, 6) is 0. The molecule has 0 saturated heterocycles. The Morgan fingerprint density at radius 3 is 3.33 bits per heavy atom. The first kappa shape index (κ1) is 4.75. The van der Waals surface area contributed by atoms with Gasteiger partial charge in [0.15, 0.2) is 0 Å². The van der Waals surface area contributed by atoms with E-state index in [0.717, 1.165) is 16.0 Å². The highest BCUT2D eigenvalue weighted by Crippen LogP contribution is 2.07. The van der Waals surface area contributed by atoms with Crippen molar-refractivity contribution in [3.05, 3.63) is 15.9 Å². The number of fused-ring (bicyclic) bond motifs is 1. The maximum absolute atomic E-state index is 10.6. The van der Waals surface area contributed by atoms with Crippen molar-refractivity contribution in [3.8, 4) is 0 Å². The van der Waals surface area contributed by atoms with Crippen LogP contribution in [0.4, 0.5) is 0 Å². The molecule has 0 saturated carbocycles. The van der Waals surface area contributed by atoms with Crippen LogP contribution in [0.1, 0.15) is 0 Å². The summed E-state index contributed by atoms with van der Waals surface area (Å²) >= 11 is 1.15. The van der Waals surface area contributed by atoms with Crippen molar-refractivity contribution in [3.63, 3.8) is 0 Å². The lowest BCUT2D eigenvalue weighted by molar-refractivity contribution is 1.09. The molecular weight excluding hydrogens is 138 g/mol. The molecule has 2 heterocycles. The molecule has 2 aromatic rings. The number of nitrogens with one attached hydrogen (secondary N) is 2. The molecule has 2 N–H and O–H groups in total. The van der Waals surface area contributed by atoms with Gasteiger partial charge in [-0.25, -0.2) is 0 Å². The number of hydrogen-bond donors (Lipinski definition) is 2. The van der Waals surface area contributed by atoms with Crippen molar-refractivity contribution in [1.29, 1.82) is 0 Å². The van der Waals surface area contributed by atoms with Gasteiger partial charge in [0, 0.05) is 0 Å². The van der Waals surface area contributed by atoms with Crippen LogP contribution in [-0.2, 0) is 0 Å². The van der Waals surface area contributed by atoms with Gasteiger partial charge in [-0.15, -0.1) is 0 Å². The topological polar surface area (TPSA) is 61.5 Å². The van der Waals surface area contributed by atoms with Crippen molar-refractivity contribution in [2.45, 2.75) is 0 Å². The fourth-order valence-electron chi connectivity index (χ4n) is 0.669. The molecule has 46 valence electrons. The molecule has 2 rings (SSSR count). The molecule has 4 nitrogen and oxygen atoms in total. The highest BCUT2D eigenvalue weighted by Gasteiger charge is 1.96. The van der Waals surface area contributed by atoms with Crippen LogP contribution in [0.3, 0.4) is 0 Å². The molecule has 0 amide bonds. The summed E-state index contributed by atoms with van der Waals surface area (Å²) in [6.45, 7) is 0. The van der Waals surface area contributed by atoms with Crippen LogP contribution >= 0.6 is 11.3 Å². The number of thiazole rings is 1. The van der Waals surface area contributed by atoms with E-state index in [1.807, 2.05) is 0 Å². The molecule has 9 heavy (non-hydrogen) atoms. The molecular formula is C4H3N3OS. The molecule has 0 fully saturated rings. The average Bonchev–Trinajstić information content (AvgIpc) is 2.22. The molecule has 0 aromatic carbocycles. The van der Waals surface area contributed by atoms with Gasteiger partial charge in [0.2, 0.25) is 0 Å². The lowest BCUT2D eigenvalue weighted by atomic mass is 10.7. The Morgan fingerprint density at radius 2 is 2.56 bits per heavy atom. The Hall–Kier alpha value is -1.10. The molecule has 0 bridgehead atoms. The number of hydrogen-bond acceptors (Lipinski definition) is 3. The van der Waals surface area contributed by atoms with Gasteiger partial charge in [-0.05, 0) is 0 Å². The Morgan fingerprint density at radius 1 is 1.67 bits per heavy atom. The van der Waals surface area contributed by atoms with Gasteiger partial charge >= 0.3 is 4.87 Å². The van der Waals surface area contributed by atoms with E-state index in [1.54, 1.807) is 6.20 Å². The minimum absolute atomic E-state index is 0.0429. The van der Waals surface area contributed by atoms with E-state index in [9.17, 15) is 4.79 Å². The minimum atomic E-state index is -0.0429. The molecule has 0 aliphatic rings. The first-order valence-electron chi connectivity index (χ1n) is 2.38. The molecule has 0 radical (unpaired) electrons. The van der Waals surface area contributed by atoms with Gasteiger partial charge in [-0.1, -0.05) is 11.3 Å². The zero-order chi connectivity index (χ0) is 6.27. The van der Waals surface area contributed by atoms with Gasteiger partial charge in [0.25, 0.3) is 0 Å². The standard InChI is InChI=1S/C4H3N3OS/c8-4-6-3-2(9-4)1-5-7-3/h1H,(H2,5,6,7,8). The first-order valence-corrected chi connectivity index (χ1v) is 3.20. The summed E-state index contributed by atoms with van der Waals surface area (Å²) in [7, 11) is 0. The second kappa shape index (κ2) is 1.44. The van der Waals surface area contributed by atoms with Gasteiger partial charge in [-0.2, -0.15) is 5.10 Å². The fraction of sp³-hybridized carbons (Fsp3) is 0. The van der Waals surface area contributed by atoms with E-state index in [-0.39, 0.29) is 4.87 Å². The van der Waals surface area contributed by atoms with Crippen molar-refractivity contribution >= 4 is 21.7 Å². The summed E-state index contributed by atoms with van der Waals surface area (Å²) < 4.78 is 0.875. The second-order valence-corrected chi connectivity index (χ2v) is 2.64. The van der Waals surface area contributed by atoms with E-state index in [1.165, 1.54) is 0 Å². The lowest BCUT2D eigenvalue weighted by Crippen LogP contribution is -1.90. The van der Waals surface area contributed by atoms with E-state index in [2.05, 4.69) is 15.2 Å². The van der Waals surface area contributed by atoms with E-state index < -0.39 is 0 Å². The molecule has 0 spiro atoms. The zero-order valence-corrected chi connectivity index (χ0v) is 5.16. The van der Waals surface area contributed by atoms with Gasteiger partial charge in [0.1, 0.15) is 5.65 Å². The van der Waals surface area contributed by atoms with E-state index >= 15 is 0 Å². The maximum atomic E-state index is 10.6. The number of aromatic amines is 2. The Balaban J connectivity index is 3.08. The zero-order valence-electron chi connectivity index (χ0n) is 4.34. The molecule has 0 atom stereocenters. The molecule has 2 aromatic heterocycles. The predicted octanol–water partition coefficient (Wildman–Crippen LogP) is 0.313. The Labute approximate surface area is 53.5 Å². The number of aromatic nitrogens is 3. The fourth-order valence-corrected chi connectivity index (χ4v) is 1.33. The maximum Gasteiger partial charge on any atom is 0.306 e. The molecule has 0 unspecified atom stereocenters. The summed E-state index contributed by atoms with van der Waals surface area (Å²) in [6.07, 6.45) is 1.62. The van der Waals surface area contributed by atoms with Crippen LogP contribution in [0.2, 0.25) is 0 Å². The van der Waals surface area contributed by atoms with Crippen LogP contribution in [0.5, 0.6) is 0 Å². The van der Waals surface area contributed by atoms with E-state index in [0.29, 0.717) is 5.65 Å². The molecule has 5 heteroatoms. The van der Waals surface area contributed by atoms with Crippen LogP contribution in [0.15, 0.2) is 11.0 Å². The normalized spacial score (nSPS) is 10.7. The monoisotopic (exact) mass is 141 g/mol. The third kappa shape index (κ3) is 0.580. The number of rotatable bonds is 0. The number of nitrogens with zero attached hydrogens (tertiary/aromatic N) is 1. The Bertz CT molecular complexity index is 338. The van der Waals surface area contributed by atoms with Gasteiger partial charge in [0.05, 0.1) is 10.9 Å². The number of H-pyrrole nitrogens is 2. The van der Waals surface area contributed by atoms with Crippen molar-refractivity contribution < 1.29 is 0 Å². The largest absolute Gasteiger partial charge is 0.306 e. The molecule has 0 aliphatic carbocycles. The van der Waals surface area contributed by atoms with Crippen LogP contribution in [-0.4, -0.2) is 15.2 Å². The van der Waals surface area contributed by atoms with Crippen LogP contribution in [0.25, 0.3) is 10.3 Å². The van der Waals surface area contributed by atoms with Crippen LogP contribution in [0, 0.1) is 0 Å². The quantitative estimate of drug-likeness (QED) is 0.554. The van der Waals surface area contributed by atoms with Crippen molar-refractivity contribution in [2.75, 3.05) is 0 Å². The first-order chi connectivity index (χ1) is 4.36. The van der Waals surface area contributed by atoms with Gasteiger partial charge < -0.3 is 0 Å². The highest BCUT2D eigenvalue weighted by atomic mass is 32.1. The smallest absolute Gasteiger partial charge is 0.297 e. The van der Waals surface area contributed by atoms with E-state index in [4.69, 9.17) is 0 Å². The van der Waals surface area contributed by atoms with Crippen molar-refractivity contribution in [2.24, 2.45) is 0 Å². The second-order valence-electron chi connectivity index (χ2n) is 1.62. The third-order valence-electron chi connectivity index (χ3n) is 1.03. The van der Waals surface area contributed by atoms with Gasteiger partial charge in [-0.3, -0.25) is 14.9 Å². The third-order valence-corrected chi connectivity index (χ3v) is 1.85. The minimum Gasteiger partial charge on any atom is -0.297 e. The molecule has 0 aliphatic heterocycles. The lowest BCUT2D eigenvalue weighted by Gasteiger charge is -1.65. The average molecular weight is 141 g/mol. The summed E-state index contributed by atoms with van der Waals surface area (Å²) in [5, 5.41) is 6.36. The van der Waals surface area contributed by atoms with Crippen LogP contribution < -0.4 is 4.87 Å². The van der Waals surface area contributed by atoms with Crippen molar-refractivity contribution in [1.82, 2.24) is 15.2 Å². The predicted molar refractivity (Wildman–Crippen MR) is 34.6 cm³/mol. The summed E-state index contributed by atoms with van der Waals surface area (Å²) in [4.78, 5) is 13.1.